The van der Waals surface area contributed by atoms with Crippen LogP contribution in [0.1, 0.15) is 18.4 Å². The number of rotatable bonds is 5. The molecule has 2 N–H and O–H groups in total. The molecule has 4 nitrogen and oxygen atoms in total. The number of carbonyl (C=O) groups is 1. The van der Waals surface area contributed by atoms with E-state index in [0.717, 1.165) is 24.8 Å². The van der Waals surface area contributed by atoms with Gasteiger partial charge in [0, 0.05) is 20.2 Å². The highest BCUT2D eigenvalue weighted by molar-refractivity contribution is 5.85. The molecule has 1 amide bonds. The number of piperidine rings is 1. The third kappa shape index (κ3) is 4.93. The third-order valence-electron chi connectivity index (χ3n) is 4.06. The first-order chi connectivity index (χ1) is 10.1. The maximum atomic E-state index is 13.6. The van der Waals surface area contributed by atoms with Gasteiger partial charge in [-0.2, -0.15) is 0 Å². The van der Waals surface area contributed by atoms with Gasteiger partial charge in [-0.1, -0.05) is 18.2 Å². The molecule has 1 fully saturated rings. The number of methoxy groups -OCH3 is 1. The SMILES string of the molecule is COCC(N)C(=O)N1CCC(Cc2ccccc2F)CC1.Cl. The van der Waals surface area contributed by atoms with Crippen LogP contribution < -0.4 is 5.73 Å². The largest absolute Gasteiger partial charge is 0.383 e. The van der Waals surface area contributed by atoms with Gasteiger partial charge >= 0.3 is 0 Å². The van der Waals surface area contributed by atoms with E-state index in [4.69, 9.17) is 10.5 Å². The minimum Gasteiger partial charge on any atom is -0.383 e. The Labute approximate surface area is 137 Å². The molecule has 0 aromatic heterocycles. The lowest BCUT2D eigenvalue weighted by Crippen LogP contribution is -2.49. The number of nitrogens with two attached hydrogens (primary N) is 1. The molecule has 0 radical (unpaired) electrons. The van der Waals surface area contributed by atoms with E-state index in [2.05, 4.69) is 0 Å². The molecule has 0 saturated carbocycles. The van der Waals surface area contributed by atoms with Crippen LogP contribution in [0.3, 0.4) is 0 Å². The van der Waals surface area contributed by atoms with E-state index in [0.29, 0.717) is 19.0 Å². The first-order valence-electron chi connectivity index (χ1n) is 7.38. The Bertz CT molecular complexity index is 479. The van der Waals surface area contributed by atoms with Gasteiger partial charge in [-0.05, 0) is 36.8 Å². The number of ether oxygens (including phenoxy) is 1. The molecule has 1 atom stereocenters. The van der Waals surface area contributed by atoms with Crippen LogP contribution in [0, 0.1) is 11.7 Å². The molecule has 0 bridgehead atoms. The Morgan fingerprint density at radius 3 is 2.64 bits per heavy atom. The summed E-state index contributed by atoms with van der Waals surface area (Å²) in [5, 5.41) is 0. The fourth-order valence-corrected chi connectivity index (χ4v) is 2.82. The van der Waals surface area contributed by atoms with Gasteiger partial charge in [0.1, 0.15) is 11.9 Å². The number of nitrogens with zero attached hydrogens (tertiary/aromatic N) is 1. The summed E-state index contributed by atoms with van der Waals surface area (Å²) >= 11 is 0. The number of hydrogen-bond donors (Lipinski definition) is 1. The normalized spacial score (nSPS) is 17.0. The Kier molecular flexibility index (Phi) is 7.79. The molecule has 1 saturated heterocycles. The smallest absolute Gasteiger partial charge is 0.241 e. The van der Waals surface area contributed by atoms with E-state index in [9.17, 15) is 9.18 Å². The van der Waals surface area contributed by atoms with E-state index < -0.39 is 6.04 Å². The van der Waals surface area contributed by atoms with E-state index in [1.165, 1.54) is 13.2 Å². The molecule has 1 aromatic rings. The number of amides is 1. The Balaban J connectivity index is 0.00000242. The average molecular weight is 331 g/mol. The van der Waals surface area contributed by atoms with Gasteiger partial charge in [-0.15, -0.1) is 12.4 Å². The summed E-state index contributed by atoms with van der Waals surface area (Å²) in [6, 6.07) is 6.31. The summed E-state index contributed by atoms with van der Waals surface area (Å²) in [6.45, 7) is 1.62. The Morgan fingerprint density at radius 2 is 2.05 bits per heavy atom. The number of benzene rings is 1. The Hall–Kier alpha value is -1.17. The van der Waals surface area contributed by atoms with E-state index in [1.54, 1.807) is 11.0 Å². The second kappa shape index (κ2) is 9.08. The van der Waals surface area contributed by atoms with Gasteiger partial charge in [0.05, 0.1) is 6.61 Å². The summed E-state index contributed by atoms with van der Waals surface area (Å²) in [6.07, 6.45) is 2.51. The van der Waals surface area contributed by atoms with Gasteiger partial charge in [0.25, 0.3) is 0 Å². The van der Waals surface area contributed by atoms with Gasteiger partial charge in [0.15, 0.2) is 0 Å². The highest BCUT2D eigenvalue weighted by Gasteiger charge is 2.26. The highest BCUT2D eigenvalue weighted by atomic mass is 35.5. The molecular weight excluding hydrogens is 307 g/mol. The molecule has 124 valence electrons. The van der Waals surface area contributed by atoms with Crippen LogP contribution in [0.2, 0.25) is 0 Å². The minimum atomic E-state index is -0.585. The van der Waals surface area contributed by atoms with Crippen molar-refractivity contribution >= 4 is 18.3 Å². The lowest BCUT2D eigenvalue weighted by molar-refractivity contribution is -0.135. The number of likely N-dealkylation sites (tertiary alicyclic amines) is 1. The molecule has 0 spiro atoms. The number of halogens is 2. The van der Waals surface area contributed by atoms with Crippen LogP contribution in [-0.4, -0.2) is 43.7 Å². The molecule has 1 aromatic carbocycles. The van der Waals surface area contributed by atoms with Crippen LogP contribution >= 0.6 is 12.4 Å². The summed E-state index contributed by atoms with van der Waals surface area (Å²) in [5.41, 5.74) is 6.53. The number of hydrogen-bond acceptors (Lipinski definition) is 3. The van der Waals surface area contributed by atoms with Crippen molar-refractivity contribution in [3.05, 3.63) is 35.6 Å². The minimum absolute atomic E-state index is 0. The fraction of sp³-hybridized carbons (Fsp3) is 0.562. The van der Waals surface area contributed by atoms with Crippen molar-refractivity contribution in [1.82, 2.24) is 4.90 Å². The molecule has 22 heavy (non-hydrogen) atoms. The fourth-order valence-electron chi connectivity index (χ4n) is 2.82. The van der Waals surface area contributed by atoms with Gasteiger partial charge < -0.3 is 15.4 Å². The molecule has 0 aliphatic carbocycles. The van der Waals surface area contributed by atoms with Crippen LogP contribution in [0.5, 0.6) is 0 Å². The average Bonchev–Trinajstić information content (AvgIpc) is 2.50. The summed E-state index contributed by atoms with van der Waals surface area (Å²) < 4.78 is 18.6. The van der Waals surface area contributed by atoms with E-state index >= 15 is 0 Å². The summed E-state index contributed by atoms with van der Waals surface area (Å²) in [7, 11) is 1.54. The summed E-state index contributed by atoms with van der Waals surface area (Å²) in [4.78, 5) is 13.9. The molecule has 1 aliphatic heterocycles. The van der Waals surface area contributed by atoms with Crippen molar-refractivity contribution in [2.45, 2.75) is 25.3 Å². The van der Waals surface area contributed by atoms with Crippen molar-refractivity contribution in [2.24, 2.45) is 11.7 Å². The molecule has 2 rings (SSSR count). The van der Waals surface area contributed by atoms with Crippen molar-refractivity contribution in [3.8, 4) is 0 Å². The lowest BCUT2D eigenvalue weighted by Gasteiger charge is -2.33. The van der Waals surface area contributed by atoms with E-state index in [-0.39, 0.29) is 30.7 Å². The highest BCUT2D eigenvalue weighted by Crippen LogP contribution is 2.23. The van der Waals surface area contributed by atoms with Crippen molar-refractivity contribution in [3.63, 3.8) is 0 Å². The second-order valence-corrected chi connectivity index (χ2v) is 5.63. The first kappa shape index (κ1) is 18.9. The maximum absolute atomic E-state index is 13.6. The zero-order valence-corrected chi connectivity index (χ0v) is 13.7. The van der Waals surface area contributed by atoms with Crippen LogP contribution in [0.25, 0.3) is 0 Å². The standard InChI is InChI=1S/C16H23FN2O2.ClH/c1-21-11-15(18)16(20)19-8-6-12(7-9-19)10-13-4-2-3-5-14(13)17;/h2-5,12,15H,6-11,18H2,1H3;1H. The first-order valence-corrected chi connectivity index (χ1v) is 7.38. The monoisotopic (exact) mass is 330 g/mol. The van der Waals surface area contributed by atoms with Crippen LogP contribution in [0.15, 0.2) is 24.3 Å². The van der Waals surface area contributed by atoms with Gasteiger partial charge in [-0.25, -0.2) is 4.39 Å². The molecule has 1 unspecified atom stereocenters. The van der Waals surface area contributed by atoms with E-state index in [1.807, 2.05) is 12.1 Å². The van der Waals surface area contributed by atoms with Gasteiger partial charge in [-0.3, -0.25) is 4.79 Å². The molecule has 6 heteroatoms. The number of carbonyl (C=O) groups excluding carboxylic acids is 1. The third-order valence-corrected chi connectivity index (χ3v) is 4.06. The molecule has 1 aliphatic rings. The zero-order valence-electron chi connectivity index (χ0n) is 12.8. The Morgan fingerprint density at radius 1 is 1.41 bits per heavy atom. The zero-order chi connectivity index (χ0) is 15.2. The maximum Gasteiger partial charge on any atom is 0.241 e. The summed E-state index contributed by atoms with van der Waals surface area (Å²) in [5.74, 6) is 0.226. The second-order valence-electron chi connectivity index (χ2n) is 5.63. The van der Waals surface area contributed by atoms with Crippen LogP contribution in [-0.2, 0) is 16.0 Å². The molecular formula is C16H24ClFN2O2. The predicted octanol–water partition coefficient (Wildman–Crippen LogP) is 2.00. The van der Waals surface area contributed by atoms with Crippen LogP contribution in [0.4, 0.5) is 4.39 Å². The van der Waals surface area contributed by atoms with Crippen molar-refractivity contribution < 1.29 is 13.9 Å². The quantitative estimate of drug-likeness (QED) is 0.898. The molecule has 1 heterocycles. The lowest BCUT2D eigenvalue weighted by atomic mass is 9.90. The topological polar surface area (TPSA) is 55.6 Å². The van der Waals surface area contributed by atoms with Crippen molar-refractivity contribution in [2.75, 3.05) is 26.8 Å². The van der Waals surface area contributed by atoms with Crippen molar-refractivity contribution in [1.29, 1.82) is 0 Å². The van der Waals surface area contributed by atoms with Gasteiger partial charge in [0.2, 0.25) is 5.91 Å². The predicted molar refractivity (Wildman–Crippen MR) is 86.5 cm³/mol.